The first-order chi connectivity index (χ1) is 6.44. The zero-order valence-corrected chi connectivity index (χ0v) is 9.91. The van der Waals surface area contributed by atoms with Crippen LogP contribution in [0.2, 0.25) is 0 Å². The normalized spacial score (nSPS) is 23.9. The average Bonchev–Trinajstić information content (AvgIpc) is 2.11. The summed E-state index contributed by atoms with van der Waals surface area (Å²) in [6.45, 7) is 12.5. The number of thioether (sulfide) groups is 1. The molecule has 14 heavy (non-hydrogen) atoms. The van der Waals surface area contributed by atoms with Gasteiger partial charge in [0.25, 0.3) is 0 Å². The van der Waals surface area contributed by atoms with Gasteiger partial charge < -0.3 is 4.74 Å². The fraction of sp³-hybridized carbons (Fsp3) is 0.545. The Balaban J connectivity index is 2.80. The van der Waals surface area contributed by atoms with Crippen molar-refractivity contribution in [1.29, 1.82) is 0 Å². The Morgan fingerprint density at radius 1 is 1.57 bits per heavy atom. The zero-order chi connectivity index (χ0) is 10.8. The largest absolute Gasteiger partial charge is 0.370 e. The van der Waals surface area contributed by atoms with E-state index in [9.17, 15) is 0 Å². The molecule has 0 radical (unpaired) electrons. The summed E-state index contributed by atoms with van der Waals surface area (Å²) < 4.78 is 5.61. The molecule has 0 aromatic carbocycles. The highest BCUT2D eigenvalue weighted by Gasteiger charge is 2.28. The van der Waals surface area contributed by atoms with Crippen molar-refractivity contribution in [2.75, 3.05) is 12.9 Å². The van der Waals surface area contributed by atoms with Crippen LogP contribution in [-0.2, 0) is 4.74 Å². The summed E-state index contributed by atoms with van der Waals surface area (Å²) in [7, 11) is 0. The van der Waals surface area contributed by atoms with Crippen LogP contribution in [0.5, 0.6) is 0 Å². The van der Waals surface area contributed by atoms with Gasteiger partial charge in [0.1, 0.15) is 0 Å². The van der Waals surface area contributed by atoms with Gasteiger partial charge >= 0.3 is 0 Å². The van der Waals surface area contributed by atoms with Gasteiger partial charge in [-0.3, -0.25) is 0 Å². The van der Waals surface area contributed by atoms with Crippen LogP contribution < -0.4 is 0 Å². The third kappa shape index (κ3) is 3.00. The molecule has 0 bridgehead atoms. The Morgan fingerprint density at radius 3 is 2.79 bits per heavy atom. The third-order valence-corrected chi connectivity index (χ3v) is 2.70. The summed E-state index contributed by atoms with van der Waals surface area (Å²) in [5.74, 6) is 0. The van der Waals surface area contributed by atoms with Gasteiger partial charge in [-0.1, -0.05) is 13.2 Å². The van der Waals surface area contributed by atoms with Crippen LogP contribution >= 0.6 is 11.8 Å². The first kappa shape index (κ1) is 11.5. The molecule has 0 aromatic rings. The van der Waals surface area contributed by atoms with E-state index in [1.54, 1.807) is 11.8 Å². The van der Waals surface area contributed by atoms with Crippen molar-refractivity contribution < 1.29 is 4.74 Å². The van der Waals surface area contributed by atoms with Crippen molar-refractivity contribution in [2.45, 2.75) is 25.9 Å². The molecule has 3 heteroatoms. The van der Waals surface area contributed by atoms with Crippen LogP contribution in [0.25, 0.3) is 0 Å². The molecule has 0 unspecified atom stereocenters. The fourth-order valence-electron chi connectivity index (χ4n) is 1.26. The molecule has 1 rings (SSSR count). The Hall–Kier alpha value is -0.540. The number of aliphatic imine (C=N–C) groups is 1. The van der Waals surface area contributed by atoms with Gasteiger partial charge in [0, 0.05) is 12.1 Å². The van der Waals surface area contributed by atoms with Crippen LogP contribution in [0.3, 0.4) is 0 Å². The highest BCUT2D eigenvalue weighted by molar-refractivity contribution is 8.02. The molecule has 1 aliphatic heterocycles. The van der Waals surface area contributed by atoms with E-state index in [-0.39, 0.29) is 5.60 Å². The highest BCUT2D eigenvalue weighted by Crippen LogP contribution is 2.26. The Morgan fingerprint density at radius 2 is 2.21 bits per heavy atom. The first-order valence-corrected chi connectivity index (χ1v) is 5.79. The molecule has 0 aliphatic carbocycles. The van der Waals surface area contributed by atoms with Gasteiger partial charge in [0.15, 0.2) is 0 Å². The smallest absolute Gasteiger partial charge is 0.0888 e. The van der Waals surface area contributed by atoms with E-state index in [1.165, 1.54) is 0 Å². The molecule has 78 valence electrons. The van der Waals surface area contributed by atoms with Crippen LogP contribution in [0.15, 0.2) is 28.8 Å². The summed E-state index contributed by atoms with van der Waals surface area (Å²) in [6, 6.07) is 0. The monoisotopic (exact) mass is 211 g/mol. The number of hydrogen-bond acceptors (Lipinski definition) is 3. The summed E-state index contributed by atoms with van der Waals surface area (Å²) in [5.41, 5.74) is 1.87. The van der Waals surface area contributed by atoms with E-state index in [2.05, 4.69) is 32.0 Å². The van der Waals surface area contributed by atoms with Gasteiger partial charge in [0.05, 0.1) is 17.2 Å². The molecule has 1 saturated heterocycles. The molecule has 0 spiro atoms. The van der Waals surface area contributed by atoms with Gasteiger partial charge in [-0.15, -0.1) is 11.8 Å². The third-order valence-electron chi connectivity index (χ3n) is 2.13. The number of rotatable bonds is 2. The van der Waals surface area contributed by atoms with Crippen molar-refractivity contribution in [1.82, 2.24) is 0 Å². The number of nitrogens with zero attached hydrogens (tertiary/aromatic N) is 1. The van der Waals surface area contributed by atoms with E-state index in [0.29, 0.717) is 6.61 Å². The molecule has 0 atom stereocenters. The van der Waals surface area contributed by atoms with Crippen LogP contribution in [0.1, 0.15) is 20.3 Å². The molecule has 0 aromatic heterocycles. The molecular weight excluding hydrogens is 194 g/mol. The minimum atomic E-state index is -0.126. The first-order valence-electron chi connectivity index (χ1n) is 4.57. The lowest BCUT2D eigenvalue weighted by Gasteiger charge is -2.32. The van der Waals surface area contributed by atoms with E-state index in [4.69, 9.17) is 4.74 Å². The lowest BCUT2D eigenvalue weighted by molar-refractivity contribution is -0.00491. The Labute approximate surface area is 90.1 Å². The van der Waals surface area contributed by atoms with Crippen molar-refractivity contribution in [3.8, 4) is 0 Å². The van der Waals surface area contributed by atoms with E-state index < -0.39 is 0 Å². The second-order valence-corrected chi connectivity index (χ2v) is 4.86. The topological polar surface area (TPSA) is 21.6 Å². The van der Waals surface area contributed by atoms with Crippen molar-refractivity contribution >= 4 is 17.5 Å². The summed E-state index contributed by atoms with van der Waals surface area (Å²) in [6.07, 6.45) is 2.78. The van der Waals surface area contributed by atoms with Crippen LogP contribution in [0.4, 0.5) is 0 Å². The predicted molar refractivity (Wildman–Crippen MR) is 63.9 cm³/mol. The molecule has 0 amide bonds. The average molecular weight is 211 g/mol. The lowest BCUT2D eigenvalue weighted by Crippen LogP contribution is -2.35. The second kappa shape index (κ2) is 4.32. The second-order valence-electron chi connectivity index (χ2n) is 3.99. The number of ether oxygens (including phenoxy) is 1. The molecule has 2 nitrogen and oxygen atoms in total. The summed E-state index contributed by atoms with van der Waals surface area (Å²) in [4.78, 5) is 4.44. The molecule has 1 fully saturated rings. The quantitative estimate of drug-likeness (QED) is 0.700. The molecule has 0 N–H and O–H groups in total. The molecule has 1 aliphatic rings. The zero-order valence-electron chi connectivity index (χ0n) is 9.09. The van der Waals surface area contributed by atoms with E-state index in [1.807, 2.05) is 6.26 Å². The molecule has 0 saturated carbocycles. The van der Waals surface area contributed by atoms with Crippen molar-refractivity contribution in [3.63, 3.8) is 0 Å². The van der Waals surface area contributed by atoms with Gasteiger partial charge in [-0.05, 0) is 25.7 Å². The molecular formula is C11H17NOS. The van der Waals surface area contributed by atoms with Gasteiger partial charge in [0.2, 0.25) is 0 Å². The maximum absolute atomic E-state index is 5.61. The van der Waals surface area contributed by atoms with Gasteiger partial charge in [-0.25, -0.2) is 4.99 Å². The van der Waals surface area contributed by atoms with Crippen molar-refractivity contribution in [2.24, 2.45) is 4.99 Å². The van der Waals surface area contributed by atoms with Crippen molar-refractivity contribution in [3.05, 3.63) is 23.8 Å². The van der Waals surface area contributed by atoms with Crippen LogP contribution in [-0.4, -0.2) is 24.2 Å². The van der Waals surface area contributed by atoms with Crippen LogP contribution in [0, 0.1) is 0 Å². The highest BCUT2D eigenvalue weighted by atomic mass is 32.2. The summed E-state index contributed by atoms with van der Waals surface area (Å²) in [5, 5.41) is 0.832. The fourth-order valence-corrected chi connectivity index (χ4v) is 1.46. The lowest BCUT2D eigenvalue weighted by atomic mass is 9.94. The number of hydrogen-bond donors (Lipinski definition) is 0. The predicted octanol–water partition coefficient (Wildman–Crippen LogP) is 3.02. The minimum absolute atomic E-state index is 0.126. The maximum atomic E-state index is 5.61. The van der Waals surface area contributed by atoms with E-state index in [0.717, 1.165) is 22.7 Å². The molecule has 1 heterocycles. The Bertz CT molecular complexity index is 292. The standard InChI is InChI=1S/C11H17NOS/c1-8-7-13-11(3,4)6-10(8)12-9(2)14-5/h1-2,6-7H2,3-5H3/b12-10-. The van der Waals surface area contributed by atoms with Gasteiger partial charge in [-0.2, -0.15) is 0 Å². The maximum Gasteiger partial charge on any atom is 0.0888 e. The summed E-state index contributed by atoms with van der Waals surface area (Å²) >= 11 is 1.56. The minimum Gasteiger partial charge on any atom is -0.370 e. The SMILES string of the molecule is C=C(/N=C1/CC(C)(C)OCC1=C)SC. The Kier molecular flexibility index (Phi) is 3.56. The van der Waals surface area contributed by atoms with E-state index >= 15 is 0 Å².